The molecule has 0 saturated carbocycles. The van der Waals surface area contributed by atoms with Crippen LogP contribution in [0.1, 0.15) is 51.1 Å². The maximum atomic E-state index is 12.0. The van der Waals surface area contributed by atoms with E-state index in [1.807, 2.05) is 37.3 Å². The number of hydrogen-bond acceptors (Lipinski definition) is 2. The Morgan fingerprint density at radius 1 is 1.16 bits per heavy atom. The van der Waals surface area contributed by atoms with Crippen molar-refractivity contribution in [2.75, 3.05) is 0 Å². The molecule has 4 heteroatoms. The second-order valence-electron chi connectivity index (χ2n) is 4.66. The lowest BCUT2D eigenvalue weighted by molar-refractivity contribution is -0.123. The van der Waals surface area contributed by atoms with Gasteiger partial charge >= 0.3 is 0 Å². The first-order valence-electron chi connectivity index (χ1n) is 6.79. The number of carbonyl (C=O) groups is 1. The molecule has 0 aromatic heterocycles. The predicted molar refractivity (Wildman–Crippen MR) is 82.4 cm³/mol. The largest absolute Gasteiger partial charge is 0.348 e. The number of rotatable bonds is 7. The highest BCUT2D eigenvalue weighted by molar-refractivity contribution is 5.85. The van der Waals surface area contributed by atoms with E-state index < -0.39 is 6.04 Å². The van der Waals surface area contributed by atoms with E-state index in [1.165, 1.54) is 0 Å². The molecule has 0 saturated heterocycles. The summed E-state index contributed by atoms with van der Waals surface area (Å²) < 4.78 is 0. The van der Waals surface area contributed by atoms with Crippen molar-refractivity contribution in [1.82, 2.24) is 5.32 Å². The van der Waals surface area contributed by atoms with Crippen LogP contribution < -0.4 is 11.1 Å². The van der Waals surface area contributed by atoms with Crippen LogP contribution in [0.5, 0.6) is 0 Å². The van der Waals surface area contributed by atoms with E-state index in [4.69, 9.17) is 5.73 Å². The van der Waals surface area contributed by atoms with Crippen LogP contribution in [0, 0.1) is 0 Å². The van der Waals surface area contributed by atoms with Gasteiger partial charge in [-0.05, 0) is 18.4 Å². The molecular formula is C15H25ClN2O. The van der Waals surface area contributed by atoms with Crippen molar-refractivity contribution < 1.29 is 4.79 Å². The first-order chi connectivity index (χ1) is 8.69. The lowest BCUT2D eigenvalue weighted by Crippen LogP contribution is -2.42. The molecule has 0 heterocycles. The summed E-state index contributed by atoms with van der Waals surface area (Å²) in [5.41, 5.74) is 6.99. The quantitative estimate of drug-likeness (QED) is 0.808. The summed E-state index contributed by atoms with van der Waals surface area (Å²) in [6.07, 6.45) is 3.63. The third-order valence-electron chi connectivity index (χ3n) is 3.03. The van der Waals surface area contributed by atoms with Gasteiger partial charge in [-0.3, -0.25) is 4.79 Å². The number of nitrogens with two attached hydrogens (primary N) is 1. The predicted octanol–water partition coefficient (Wildman–Crippen LogP) is 3.19. The van der Waals surface area contributed by atoms with E-state index in [2.05, 4.69) is 12.2 Å². The van der Waals surface area contributed by atoms with Crippen LogP contribution in [-0.4, -0.2) is 11.9 Å². The molecule has 108 valence electrons. The monoisotopic (exact) mass is 284 g/mol. The summed E-state index contributed by atoms with van der Waals surface area (Å²) in [5.74, 6) is -0.0425. The summed E-state index contributed by atoms with van der Waals surface area (Å²) >= 11 is 0. The minimum atomic E-state index is -0.391. The molecule has 0 bridgehead atoms. The summed E-state index contributed by atoms with van der Waals surface area (Å²) in [6.45, 7) is 4.15. The van der Waals surface area contributed by atoms with Gasteiger partial charge < -0.3 is 11.1 Å². The minimum absolute atomic E-state index is 0. The average molecular weight is 285 g/mol. The van der Waals surface area contributed by atoms with Crippen LogP contribution in [0.3, 0.4) is 0 Å². The molecule has 0 aliphatic rings. The van der Waals surface area contributed by atoms with Crippen LogP contribution in [0.25, 0.3) is 0 Å². The molecule has 0 fully saturated rings. The van der Waals surface area contributed by atoms with E-state index >= 15 is 0 Å². The smallest absolute Gasteiger partial charge is 0.237 e. The zero-order valence-electron chi connectivity index (χ0n) is 11.8. The molecule has 1 rings (SSSR count). The van der Waals surface area contributed by atoms with Crippen LogP contribution in [0.15, 0.2) is 30.3 Å². The second kappa shape index (κ2) is 9.82. The molecule has 0 aliphatic heterocycles. The Morgan fingerprint density at radius 2 is 1.74 bits per heavy atom. The highest BCUT2D eigenvalue weighted by Gasteiger charge is 2.17. The summed E-state index contributed by atoms with van der Waals surface area (Å²) in [7, 11) is 0. The number of hydrogen-bond donors (Lipinski definition) is 2. The number of nitrogens with one attached hydrogen (secondary N) is 1. The Morgan fingerprint density at radius 3 is 2.26 bits per heavy atom. The fourth-order valence-corrected chi connectivity index (χ4v) is 2.02. The van der Waals surface area contributed by atoms with Gasteiger partial charge in [-0.25, -0.2) is 0 Å². The molecule has 1 aromatic carbocycles. The Balaban J connectivity index is 0.00000324. The Bertz CT molecular complexity index is 356. The van der Waals surface area contributed by atoms with Crippen molar-refractivity contribution in [3.05, 3.63) is 35.9 Å². The highest BCUT2D eigenvalue weighted by atomic mass is 35.5. The maximum absolute atomic E-state index is 12.0. The van der Waals surface area contributed by atoms with Gasteiger partial charge in [-0.2, -0.15) is 0 Å². The van der Waals surface area contributed by atoms with Gasteiger partial charge in [0, 0.05) is 0 Å². The molecule has 2 atom stereocenters. The summed E-state index contributed by atoms with van der Waals surface area (Å²) in [4.78, 5) is 12.0. The van der Waals surface area contributed by atoms with E-state index in [-0.39, 0.29) is 24.4 Å². The van der Waals surface area contributed by atoms with Crippen LogP contribution >= 0.6 is 12.4 Å². The van der Waals surface area contributed by atoms with Crippen molar-refractivity contribution in [2.24, 2.45) is 5.73 Å². The Hall–Kier alpha value is -1.06. The summed E-state index contributed by atoms with van der Waals surface area (Å²) in [5, 5.41) is 3.05. The van der Waals surface area contributed by atoms with Crippen molar-refractivity contribution in [3.8, 4) is 0 Å². The topological polar surface area (TPSA) is 55.1 Å². The van der Waals surface area contributed by atoms with Crippen molar-refractivity contribution in [1.29, 1.82) is 0 Å². The molecule has 1 amide bonds. The molecule has 3 nitrogen and oxygen atoms in total. The fourth-order valence-electron chi connectivity index (χ4n) is 2.02. The lowest BCUT2D eigenvalue weighted by atomic mass is 10.0. The molecule has 19 heavy (non-hydrogen) atoms. The van der Waals surface area contributed by atoms with Crippen LogP contribution in [-0.2, 0) is 4.79 Å². The number of halogens is 1. The van der Waals surface area contributed by atoms with E-state index in [0.717, 1.165) is 31.2 Å². The fraction of sp³-hybridized carbons (Fsp3) is 0.533. The Kier molecular flexibility index (Phi) is 9.27. The van der Waals surface area contributed by atoms with Crippen molar-refractivity contribution in [2.45, 2.75) is 51.6 Å². The van der Waals surface area contributed by atoms with Gasteiger partial charge in [0.1, 0.15) is 0 Å². The lowest BCUT2D eigenvalue weighted by Gasteiger charge is -2.21. The first kappa shape index (κ1) is 17.9. The molecular weight excluding hydrogens is 260 g/mol. The van der Waals surface area contributed by atoms with Gasteiger partial charge in [0.25, 0.3) is 0 Å². The number of amides is 1. The van der Waals surface area contributed by atoms with Gasteiger partial charge in [-0.15, -0.1) is 12.4 Å². The van der Waals surface area contributed by atoms with Crippen molar-refractivity contribution >= 4 is 18.3 Å². The van der Waals surface area contributed by atoms with Crippen LogP contribution in [0.4, 0.5) is 0 Å². The van der Waals surface area contributed by atoms with Gasteiger partial charge in [0.2, 0.25) is 5.91 Å². The maximum Gasteiger partial charge on any atom is 0.237 e. The van der Waals surface area contributed by atoms with Gasteiger partial charge in [0.15, 0.2) is 0 Å². The van der Waals surface area contributed by atoms with Gasteiger partial charge in [0.05, 0.1) is 12.1 Å². The molecule has 1 aromatic rings. The van der Waals surface area contributed by atoms with E-state index in [9.17, 15) is 4.79 Å². The molecule has 3 N–H and O–H groups in total. The Labute approximate surface area is 122 Å². The molecule has 0 radical (unpaired) electrons. The van der Waals surface area contributed by atoms with E-state index in [0.29, 0.717) is 0 Å². The standard InChI is InChI=1S/C15H24N2O.ClH/c1-3-8-13(16)15(18)17-14(9-4-2)12-10-6-5-7-11-12;/h5-7,10-11,13-14H,3-4,8-9,16H2,1-2H3,(H,17,18);1H. The third kappa shape index (κ3) is 6.08. The minimum Gasteiger partial charge on any atom is -0.348 e. The SMILES string of the molecule is CCCC(N)C(=O)NC(CCC)c1ccccc1.Cl. The second-order valence-corrected chi connectivity index (χ2v) is 4.66. The normalized spacial score (nSPS) is 13.2. The third-order valence-corrected chi connectivity index (χ3v) is 3.03. The molecule has 0 aliphatic carbocycles. The molecule has 2 unspecified atom stereocenters. The zero-order chi connectivity index (χ0) is 13.4. The number of carbonyl (C=O) groups excluding carboxylic acids is 1. The highest BCUT2D eigenvalue weighted by Crippen LogP contribution is 2.18. The van der Waals surface area contributed by atoms with Gasteiger partial charge in [-0.1, -0.05) is 57.0 Å². The van der Waals surface area contributed by atoms with Crippen molar-refractivity contribution in [3.63, 3.8) is 0 Å². The first-order valence-corrected chi connectivity index (χ1v) is 6.79. The van der Waals surface area contributed by atoms with Crippen LogP contribution in [0.2, 0.25) is 0 Å². The average Bonchev–Trinajstić information content (AvgIpc) is 2.39. The summed E-state index contributed by atoms with van der Waals surface area (Å²) in [6, 6.07) is 9.76. The number of benzene rings is 1. The van der Waals surface area contributed by atoms with E-state index in [1.54, 1.807) is 0 Å². The molecule has 0 spiro atoms. The zero-order valence-corrected chi connectivity index (χ0v) is 12.6.